The number of aromatic nitrogens is 2. The molecule has 1 atom stereocenters. The maximum Gasteiger partial charge on any atom is 0.0738 e. The topological polar surface area (TPSA) is 43.8 Å². The number of aryl methyl sites for hydroxylation is 1. The van der Waals surface area contributed by atoms with Gasteiger partial charge in [-0.25, -0.2) is 0 Å². The van der Waals surface area contributed by atoms with Gasteiger partial charge in [0.15, 0.2) is 0 Å². The zero-order chi connectivity index (χ0) is 12.4. The van der Waals surface area contributed by atoms with Gasteiger partial charge in [-0.15, -0.1) is 0 Å². The second-order valence-electron chi connectivity index (χ2n) is 3.72. The lowest BCUT2D eigenvalue weighted by atomic mass is 10.1. The van der Waals surface area contributed by atoms with Crippen LogP contribution >= 0.6 is 38.5 Å². The van der Waals surface area contributed by atoms with Crippen LogP contribution in [-0.4, -0.2) is 9.78 Å². The summed E-state index contributed by atoms with van der Waals surface area (Å²) >= 11 is 5.79. The first-order chi connectivity index (χ1) is 8.13. The van der Waals surface area contributed by atoms with Crippen LogP contribution in [0.15, 0.2) is 34.9 Å². The van der Waals surface area contributed by atoms with Crippen molar-refractivity contribution in [3.05, 3.63) is 49.8 Å². The molecule has 2 N–H and O–H groups in total. The minimum atomic E-state index is -0.149. The number of nitrogens with two attached hydrogens (primary N) is 1. The van der Waals surface area contributed by atoms with Crippen LogP contribution in [0.4, 0.5) is 0 Å². The van der Waals surface area contributed by atoms with E-state index in [2.05, 4.69) is 74.8 Å². The van der Waals surface area contributed by atoms with Gasteiger partial charge < -0.3 is 5.73 Å². The first kappa shape index (κ1) is 13.0. The van der Waals surface area contributed by atoms with Crippen molar-refractivity contribution >= 4 is 38.5 Å². The Bertz CT molecular complexity index is 507. The Morgan fingerprint density at radius 2 is 2.06 bits per heavy atom. The summed E-state index contributed by atoms with van der Waals surface area (Å²) in [5, 5.41) is 4.29. The van der Waals surface area contributed by atoms with Gasteiger partial charge in [0.2, 0.25) is 0 Å². The number of rotatable bonds is 3. The number of hydrogen-bond acceptors (Lipinski definition) is 2. The van der Waals surface area contributed by atoms with Crippen molar-refractivity contribution < 1.29 is 0 Å². The maximum absolute atomic E-state index is 6.29. The molecule has 0 aliphatic heterocycles. The highest BCUT2D eigenvalue weighted by molar-refractivity contribution is 14.1. The predicted octanol–water partition coefficient (Wildman–Crippen LogP) is 3.32. The van der Waals surface area contributed by atoms with E-state index in [1.54, 1.807) is 6.20 Å². The highest BCUT2D eigenvalue weighted by Gasteiger charge is 2.17. The summed E-state index contributed by atoms with van der Waals surface area (Å²) in [4.78, 5) is 0. The van der Waals surface area contributed by atoms with Crippen molar-refractivity contribution in [1.82, 2.24) is 9.78 Å². The molecule has 1 unspecified atom stereocenters. The van der Waals surface area contributed by atoms with Crippen LogP contribution in [0.25, 0.3) is 0 Å². The van der Waals surface area contributed by atoms with Gasteiger partial charge in [0, 0.05) is 10.1 Å². The molecule has 0 saturated heterocycles. The van der Waals surface area contributed by atoms with Crippen molar-refractivity contribution in [1.29, 1.82) is 0 Å². The van der Waals surface area contributed by atoms with Gasteiger partial charge in [-0.05, 0) is 63.1 Å². The van der Waals surface area contributed by atoms with Gasteiger partial charge in [0.05, 0.1) is 22.4 Å². The SMILES string of the molecule is CCn1ncc(Br)c1C(N)c1ccc(I)cc1. The summed E-state index contributed by atoms with van der Waals surface area (Å²) in [6.45, 7) is 2.88. The normalized spacial score (nSPS) is 12.7. The van der Waals surface area contributed by atoms with E-state index in [9.17, 15) is 0 Å². The van der Waals surface area contributed by atoms with E-state index < -0.39 is 0 Å². The van der Waals surface area contributed by atoms with Crippen molar-refractivity contribution in [3.8, 4) is 0 Å². The van der Waals surface area contributed by atoms with E-state index in [1.807, 2.05) is 4.68 Å². The Hall–Kier alpha value is -0.400. The molecule has 0 aliphatic carbocycles. The van der Waals surface area contributed by atoms with Gasteiger partial charge in [-0.3, -0.25) is 4.68 Å². The lowest BCUT2D eigenvalue weighted by molar-refractivity contribution is 0.599. The van der Waals surface area contributed by atoms with E-state index in [-0.39, 0.29) is 6.04 Å². The van der Waals surface area contributed by atoms with Gasteiger partial charge in [0.1, 0.15) is 0 Å². The highest BCUT2D eigenvalue weighted by Crippen LogP contribution is 2.27. The fourth-order valence-corrected chi connectivity index (χ4v) is 2.66. The molecule has 0 bridgehead atoms. The van der Waals surface area contributed by atoms with Gasteiger partial charge in [-0.1, -0.05) is 12.1 Å². The zero-order valence-corrected chi connectivity index (χ0v) is 13.1. The molecule has 90 valence electrons. The molecular weight excluding hydrogens is 393 g/mol. The molecule has 3 nitrogen and oxygen atoms in total. The molecule has 2 aromatic rings. The molecule has 5 heteroatoms. The molecule has 1 aromatic heterocycles. The third-order valence-electron chi connectivity index (χ3n) is 2.66. The largest absolute Gasteiger partial charge is 0.319 e. The predicted molar refractivity (Wildman–Crippen MR) is 80.8 cm³/mol. The standard InChI is InChI=1S/C12H13BrIN3/c1-2-17-12(10(13)7-16-17)11(15)8-3-5-9(14)6-4-8/h3-7,11H,2,15H2,1H3. The van der Waals surface area contributed by atoms with Crippen LogP contribution in [0.2, 0.25) is 0 Å². The minimum absolute atomic E-state index is 0.149. The van der Waals surface area contributed by atoms with Gasteiger partial charge in [0.25, 0.3) is 0 Å². The molecule has 1 heterocycles. The van der Waals surface area contributed by atoms with E-state index in [0.29, 0.717) is 0 Å². The Labute approximate surface area is 123 Å². The maximum atomic E-state index is 6.29. The third kappa shape index (κ3) is 2.71. The van der Waals surface area contributed by atoms with Crippen molar-refractivity contribution in [2.75, 3.05) is 0 Å². The molecule has 0 amide bonds. The van der Waals surface area contributed by atoms with E-state index in [1.165, 1.54) is 3.57 Å². The summed E-state index contributed by atoms with van der Waals surface area (Å²) in [5.74, 6) is 0. The van der Waals surface area contributed by atoms with Crippen LogP contribution in [-0.2, 0) is 6.54 Å². The smallest absolute Gasteiger partial charge is 0.0738 e. The van der Waals surface area contributed by atoms with Crippen LogP contribution in [0.3, 0.4) is 0 Å². The summed E-state index contributed by atoms with van der Waals surface area (Å²) in [7, 11) is 0. The Kier molecular flexibility index (Phi) is 4.22. The lowest BCUT2D eigenvalue weighted by Crippen LogP contribution is -2.17. The zero-order valence-electron chi connectivity index (χ0n) is 9.40. The van der Waals surface area contributed by atoms with Crippen molar-refractivity contribution in [2.45, 2.75) is 19.5 Å². The molecule has 0 radical (unpaired) electrons. The summed E-state index contributed by atoms with van der Waals surface area (Å²) in [5.41, 5.74) is 8.42. The second kappa shape index (κ2) is 5.49. The van der Waals surface area contributed by atoms with Crippen LogP contribution in [0.5, 0.6) is 0 Å². The molecule has 0 saturated carbocycles. The van der Waals surface area contributed by atoms with E-state index in [4.69, 9.17) is 5.73 Å². The molecule has 0 aliphatic rings. The third-order valence-corrected chi connectivity index (χ3v) is 3.99. The molecule has 2 rings (SSSR count). The summed E-state index contributed by atoms with van der Waals surface area (Å²) < 4.78 is 4.10. The van der Waals surface area contributed by atoms with Crippen molar-refractivity contribution in [2.24, 2.45) is 5.73 Å². The van der Waals surface area contributed by atoms with E-state index in [0.717, 1.165) is 22.3 Å². The average Bonchev–Trinajstić information content (AvgIpc) is 2.70. The van der Waals surface area contributed by atoms with Crippen LogP contribution in [0.1, 0.15) is 24.2 Å². The first-order valence-electron chi connectivity index (χ1n) is 5.35. The van der Waals surface area contributed by atoms with Gasteiger partial charge in [-0.2, -0.15) is 5.10 Å². The number of halogens is 2. The lowest BCUT2D eigenvalue weighted by Gasteiger charge is -2.14. The van der Waals surface area contributed by atoms with Crippen molar-refractivity contribution in [3.63, 3.8) is 0 Å². The fourth-order valence-electron chi connectivity index (χ4n) is 1.76. The summed E-state index contributed by atoms with van der Waals surface area (Å²) in [6.07, 6.45) is 1.80. The summed E-state index contributed by atoms with van der Waals surface area (Å²) in [6, 6.07) is 8.11. The number of nitrogens with zero attached hydrogens (tertiary/aromatic N) is 2. The molecule has 17 heavy (non-hydrogen) atoms. The quantitative estimate of drug-likeness (QED) is 0.796. The highest BCUT2D eigenvalue weighted by atomic mass is 127. The first-order valence-corrected chi connectivity index (χ1v) is 7.23. The van der Waals surface area contributed by atoms with Crippen LogP contribution in [0, 0.1) is 3.57 Å². The molecular formula is C12H13BrIN3. The average molecular weight is 406 g/mol. The molecule has 1 aromatic carbocycles. The minimum Gasteiger partial charge on any atom is -0.319 e. The number of hydrogen-bond donors (Lipinski definition) is 1. The fraction of sp³-hybridized carbons (Fsp3) is 0.250. The van der Waals surface area contributed by atoms with E-state index >= 15 is 0 Å². The number of benzene rings is 1. The molecule has 0 spiro atoms. The second-order valence-corrected chi connectivity index (χ2v) is 5.82. The monoisotopic (exact) mass is 405 g/mol. The van der Waals surface area contributed by atoms with Crippen LogP contribution < -0.4 is 5.73 Å². The van der Waals surface area contributed by atoms with Gasteiger partial charge >= 0.3 is 0 Å². The Balaban J connectivity index is 2.39. The Morgan fingerprint density at radius 1 is 1.41 bits per heavy atom. The Morgan fingerprint density at radius 3 is 2.65 bits per heavy atom. The molecule has 0 fully saturated rings.